The highest BCUT2D eigenvalue weighted by Crippen LogP contribution is 2.25. The number of hydrogen-bond acceptors (Lipinski definition) is 3. The lowest BCUT2D eigenvalue weighted by molar-refractivity contribution is 0.613. The molecule has 1 unspecified atom stereocenters. The molecule has 0 spiro atoms. The third kappa shape index (κ3) is 2.89. The molecule has 94 valence electrons. The first-order chi connectivity index (χ1) is 8.22. The molecule has 2 rings (SSSR count). The van der Waals surface area contributed by atoms with E-state index in [4.69, 9.17) is 11.6 Å². The predicted molar refractivity (Wildman–Crippen MR) is 71.8 cm³/mol. The van der Waals surface area contributed by atoms with Crippen molar-refractivity contribution in [3.8, 4) is 0 Å². The Hall–Kier alpha value is -0.830. The van der Waals surface area contributed by atoms with Gasteiger partial charge in [-0.2, -0.15) is 0 Å². The van der Waals surface area contributed by atoms with Crippen LogP contribution in [0.25, 0.3) is 0 Å². The minimum atomic E-state index is 0.411. The fourth-order valence-electron chi connectivity index (χ4n) is 2.41. The van der Waals surface area contributed by atoms with Crippen molar-refractivity contribution < 1.29 is 0 Å². The molecule has 3 nitrogen and oxygen atoms in total. The summed E-state index contributed by atoms with van der Waals surface area (Å²) < 4.78 is 0. The second-order valence-corrected chi connectivity index (χ2v) is 5.08. The van der Waals surface area contributed by atoms with Crippen molar-refractivity contribution in [3.05, 3.63) is 17.6 Å². The molecule has 2 heterocycles. The Morgan fingerprint density at radius 2 is 2.18 bits per heavy atom. The second kappa shape index (κ2) is 5.67. The van der Waals surface area contributed by atoms with E-state index in [-0.39, 0.29) is 0 Å². The molecule has 0 N–H and O–H groups in total. The Balaban J connectivity index is 2.31. The van der Waals surface area contributed by atoms with Crippen molar-refractivity contribution in [2.24, 2.45) is 0 Å². The number of rotatable bonds is 2. The van der Waals surface area contributed by atoms with Crippen LogP contribution in [0, 0.1) is 13.8 Å². The van der Waals surface area contributed by atoms with Gasteiger partial charge in [0.25, 0.3) is 0 Å². The topological polar surface area (TPSA) is 29.0 Å². The fourth-order valence-corrected chi connectivity index (χ4v) is 2.73. The van der Waals surface area contributed by atoms with Crippen molar-refractivity contribution in [3.63, 3.8) is 0 Å². The van der Waals surface area contributed by atoms with Crippen LogP contribution in [0.3, 0.4) is 0 Å². The maximum atomic E-state index is 6.10. The smallest absolute Gasteiger partial charge is 0.150 e. The van der Waals surface area contributed by atoms with Crippen LogP contribution >= 0.6 is 11.6 Å². The van der Waals surface area contributed by atoms with E-state index in [1.807, 2.05) is 20.0 Å². The Morgan fingerprint density at radius 1 is 1.35 bits per heavy atom. The lowest BCUT2D eigenvalue weighted by Gasteiger charge is -2.30. The number of nitrogens with zero attached hydrogens (tertiary/aromatic N) is 3. The average molecular weight is 254 g/mol. The first-order valence-corrected chi connectivity index (χ1v) is 6.88. The van der Waals surface area contributed by atoms with Crippen molar-refractivity contribution >= 4 is 17.4 Å². The molecule has 0 bridgehead atoms. The van der Waals surface area contributed by atoms with Gasteiger partial charge in [-0.25, -0.2) is 4.98 Å². The van der Waals surface area contributed by atoms with Gasteiger partial charge in [-0.15, -0.1) is 11.6 Å². The van der Waals surface area contributed by atoms with Crippen LogP contribution < -0.4 is 4.90 Å². The van der Waals surface area contributed by atoms with E-state index >= 15 is 0 Å². The summed E-state index contributed by atoms with van der Waals surface area (Å²) in [5.74, 6) is 1.70. The molecule has 17 heavy (non-hydrogen) atoms. The van der Waals surface area contributed by atoms with Crippen LogP contribution in [-0.4, -0.2) is 28.4 Å². The molecule has 0 saturated carbocycles. The first-order valence-electron chi connectivity index (χ1n) is 6.35. The summed E-state index contributed by atoms with van der Waals surface area (Å²) in [6, 6.07) is 0.411. The van der Waals surface area contributed by atoms with Crippen LogP contribution in [-0.2, 0) is 0 Å². The van der Waals surface area contributed by atoms with Crippen LogP contribution in [0.4, 0.5) is 5.82 Å². The maximum absolute atomic E-state index is 6.10. The minimum absolute atomic E-state index is 0.411. The number of halogens is 1. The maximum Gasteiger partial charge on any atom is 0.150 e. The van der Waals surface area contributed by atoms with E-state index in [1.54, 1.807) is 0 Å². The lowest BCUT2D eigenvalue weighted by atomic mass is 10.1. The number of hydrogen-bond donors (Lipinski definition) is 0. The van der Waals surface area contributed by atoms with Crippen LogP contribution in [0.15, 0.2) is 6.20 Å². The summed E-state index contributed by atoms with van der Waals surface area (Å²) in [6.45, 7) is 5.07. The summed E-state index contributed by atoms with van der Waals surface area (Å²) in [7, 11) is 0. The number of alkyl halides is 1. The van der Waals surface area contributed by atoms with E-state index in [2.05, 4.69) is 14.9 Å². The van der Waals surface area contributed by atoms with Gasteiger partial charge in [-0.05, 0) is 26.7 Å². The van der Waals surface area contributed by atoms with Gasteiger partial charge >= 0.3 is 0 Å². The fraction of sp³-hybridized carbons (Fsp3) is 0.692. The molecule has 0 aromatic carbocycles. The lowest BCUT2D eigenvalue weighted by Crippen LogP contribution is -2.37. The second-order valence-electron chi connectivity index (χ2n) is 4.77. The zero-order chi connectivity index (χ0) is 12.3. The third-order valence-corrected chi connectivity index (χ3v) is 3.73. The van der Waals surface area contributed by atoms with E-state index < -0.39 is 0 Å². The number of aryl methyl sites for hydroxylation is 2. The molecule has 1 atom stereocenters. The highest BCUT2D eigenvalue weighted by Gasteiger charge is 2.23. The normalized spacial score (nSPS) is 21.4. The number of anilines is 1. The van der Waals surface area contributed by atoms with Crippen LogP contribution in [0.2, 0.25) is 0 Å². The quantitative estimate of drug-likeness (QED) is 0.759. The van der Waals surface area contributed by atoms with Crippen molar-refractivity contribution in [2.75, 3.05) is 17.3 Å². The van der Waals surface area contributed by atoms with Gasteiger partial charge in [0.1, 0.15) is 0 Å². The van der Waals surface area contributed by atoms with Gasteiger partial charge in [0, 0.05) is 24.7 Å². The Labute approximate surface area is 108 Å². The molecule has 1 saturated heterocycles. The molecule has 0 radical (unpaired) electrons. The first kappa shape index (κ1) is 12.6. The average Bonchev–Trinajstić information content (AvgIpc) is 2.57. The van der Waals surface area contributed by atoms with Crippen molar-refractivity contribution in [1.29, 1.82) is 0 Å². The Morgan fingerprint density at radius 3 is 2.94 bits per heavy atom. The summed E-state index contributed by atoms with van der Waals surface area (Å²) in [6.07, 6.45) is 6.78. The molecule has 1 aliphatic rings. The summed E-state index contributed by atoms with van der Waals surface area (Å²) in [5.41, 5.74) is 1.98. The Kier molecular flexibility index (Phi) is 4.21. The molecular formula is C13H20ClN3. The zero-order valence-electron chi connectivity index (χ0n) is 10.6. The predicted octanol–water partition coefficient (Wildman–Crippen LogP) is 3.08. The summed E-state index contributed by atoms with van der Waals surface area (Å²) >= 11 is 6.10. The minimum Gasteiger partial charge on any atom is -0.351 e. The van der Waals surface area contributed by atoms with Gasteiger partial charge in [-0.1, -0.05) is 12.8 Å². The molecule has 0 aliphatic carbocycles. The SMILES string of the molecule is Cc1cnc(C)c(N2CCCCCC2CCl)n1. The van der Waals surface area contributed by atoms with E-state index in [9.17, 15) is 0 Å². The monoisotopic (exact) mass is 253 g/mol. The van der Waals surface area contributed by atoms with Crippen LogP contribution in [0.1, 0.15) is 37.1 Å². The largest absolute Gasteiger partial charge is 0.351 e. The molecule has 4 heteroatoms. The van der Waals surface area contributed by atoms with Gasteiger partial charge < -0.3 is 4.90 Å². The van der Waals surface area contributed by atoms with E-state index in [0.29, 0.717) is 11.9 Å². The Bertz CT molecular complexity index is 381. The molecule has 1 aromatic rings. The number of aromatic nitrogens is 2. The molecular weight excluding hydrogens is 234 g/mol. The zero-order valence-corrected chi connectivity index (χ0v) is 11.4. The van der Waals surface area contributed by atoms with Crippen molar-refractivity contribution in [2.45, 2.75) is 45.6 Å². The molecule has 0 amide bonds. The van der Waals surface area contributed by atoms with E-state index in [0.717, 1.165) is 23.8 Å². The molecule has 1 aromatic heterocycles. The van der Waals surface area contributed by atoms with E-state index in [1.165, 1.54) is 25.7 Å². The van der Waals surface area contributed by atoms with Crippen molar-refractivity contribution in [1.82, 2.24) is 9.97 Å². The summed E-state index contributed by atoms with van der Waals surface area (Å²) in [5, 5.41) is 0. The van der Waals surface area contributed by atoms with Gasteiger partial charge in [0.2, 0.25) is 0 Å². The standard InChI is InChI=1S/C13H20ClN3/c1-10-9-15-11(2)13(16-10)17-7-5-3-4-6-12(17)8-14/h9,12H,3-8H2,1-2H3. The third-order valence-electron chi connectivity index (χ3n) is 3.38. The highest BCUT2D eigenvalue weighted by atomic mass is 35.5. The summed E-state index contributed by atoms with van der Waals surface area (Å²) in [4.78, 5) is 11.4. The highest BCUT2D eigenvalue weighted by molar-refractivity contribution is 6.18. The van der Waals surface area contributed by atoms with Crippen LogP contribution in [0.5, 0.6) is 0 Å². The molecule has 1 aliphatic heterocycles. The van der Waals surface area contributed by atoms with Gasteiger partial charge in [0.05, 0.1) is 11.4 Å². The molecule has 1 fully saturated rings. The van der Waals surface area contributed by atoms with Gasteiger partial charge in [-0.3, -0.25) is 4.98 Å². The van der Waals surface area contributed by atoms with Gasteiger partial charge in [0.15, 0.2) is 5.82 Å².